The summed E-state index contributed by atoms with van der Waals surface area (Å²) in [6, 6.07) is 9.31. The van der Waals surface area contributed by atoms with Crippen LogP contribution in [-0.4, -0.2) is 18.7 Å². The smallest absolute Gasteiger partial charge is 0.234 e. The van der Waals surface area contributed by atoms with Crippen molar-refractivity contribution in [2.75, 3.05) is 19.5 Å². The van der Waals surface area contributed by atoms with Gasteiger partial charge in [-0.15, -0.1) is 0 Å². The van der Waals surface area contributed by atoms with Crippen LogP contribution in [0.25, 0.3) is 11.1 Å². The lowest BCUT2D eigenvalue weighted by atomic mass is 9.96. The van der Waals surface area contributed by atoms with E-state index in [4.69, 9.17) is 15.2 Å². The summed E-state index contributed by atoms with van der Waals surface area (Å²) in [4.78, 5) is 4.02. The van der Waals surface area contributed by atoms with Crippen LogP contribution in [0.3, 0.4) is 0 Å². The summed E-state index contributed by atoms with van der Waals surface area (Å²) < 4.78 is 11.3. The molecule has 0 aliphatic carbocycles. The molecule has 0 fully saturated rings. The summed E-state index contributed by atoms with van der Waals surface area (Å²) >= 11 is 3.40. The molecule has 0 saturated heterocycles. The molecule has 0 radical (unpaired) electrons. The number of nitrogen functional groups attached to an aromatic ring is 1. The number of halogens is 1. The van der Waals surface area contributed by atoms with Crippen LogP contribution in [0.15, 0.2) is 22.7 Å². The van der Waals surface area contributed by atoms with E-state index in [2.05, 4.69) is 27.0 Å². The molecule has 0 saturated carbocycles. The Hall–Kier alpha value is -2.77. The van der Waals surface area contributed by atoms with Crippen LogP contribution in [0.4, 0.5) is 5.82 Å². The maximum Gasteiger partial charge on any atom is 0.234 e. The third kappa shape index (κ3) is 3.05. The van der Waals surface area contributed by atoms with Crippen molar-refractivity contribution < 1.29 is 9.47 Å². The first-order valence-electron chi connectivity index (χ1n) is 6.67. The first-order valence-corrected chi connectivity index (χ1v) is 7.47. The molecule has 0 aliphatic heterocycles. The third-order valence-corrected chi connectivity index (χ3v) is 3.76. The molecule has 0 amide bonds. The van der Waals surface area contributed by atoms with Crippen LogP contribution in [0, 0.1) is 22.7 Å². The fourth-order valence-corrected chi connectivity index (χ4v) is 2.69. The highest BCUT2D eigenvalue weighted by atomic mass is 79.9. The van der Waals surface area contributed by atoms with Gasteiger partial charge in [-0.2, -0.15) is 15.5 Å². The van der Waals surface area contributed by atoms with Crippen molar-refractivity contribution in [1.29, 1.82) is 10.5 Å². The number of rotatable bonds is 4. The number of nitrogens with zero attached hydrogens (tertiary/aromatic N) is 3. The van der Waals surface area contributed by atoms with Crippen molar-refractivity contribution in [1.82, 2.24) is 4.98 Å². The Kier molecular flexibility index (Phi) is 5.05. The zero-order chi connectivity index (χ0) is 17.0. The summed E-state index contributed by atoms with van der Waals surface area (Å²) in [5, 5.41) is 18.9. The Morgan fingerprint density at radius 2 is 1.96 bits per heavy atom. The van der Waals surface area contributed by atoms with Gasteiger partial charge in [0, 0.05) is 5.56 Å². The molecule has 1 heterocycles. The summed E-state index contributed by atoms with van der Waals surface area (Å²) in [7, 11) is 1.55. The summed E-state index contributed by atoms with van der Waals surface area (Å²) in [6.45, 7) is 2.11. The van der Waals surface area contributed by atoms with Gasteiger partial charge in [0.1, 0.15) is 34.8 Å². The Bertz CT molecular complexity index is 837. The molecule has 116 valence electrons. The number of hydrogen-bond acceptors (Lipinski definition) is 6. The highest BCUT2D eigenvalue weighted by molar-refractivity contribution is 9.10. The monoisotopic (exact) mass is 372 g/mol. The van der Waals surface area contributed by atoms with E-state index in [0.29, 0.717) is 28.0 Å². The van der Waals surface area contributed by atoms with Gasteiger partial charge in [0.2, 0.25) is 5.88 Å². The van der Waals surface area contributed by atoms with Crippen LogP contribution in [0.2, 0.25) is 0 Å². The number of nitriles is 2. The molecule has 7 heteroatoms. The predicted octanol–water partition coefficient (Wildman–Crippen LogP) is 3.24. The standard InChI is InChI=1S/C16H13BrN4O2/c1-3-23-16-11(8-19)14(10(7-18)15(20)21-16)9-4-5-13(22-2)12(17)6-9/h4-6H,3H2,1-2H3,(H2,20,21). The summed E-state index contributed by atoms with van der Waals surface area (Å²) in [6.07, 6.45) is 0. The lowest BCUT2D eigenvalue weighted by Crippen LogP contribution is -2.06. The molecule has 1 aromatic heterocycles. The number of hydrogen-bond donors (Lipinski definition) is 1. The van der Waals surface area contributed by atoms with E-state index >= 15 is 0 Å². The molecule has 2 aromatic rings. The Balaban J connectivity index is 2.81. The number of benzene rings is 1. The molecule has 0 spiro atoms. The van der Waals surface area contributed by atoms with Gasteiger partial charge in [0.05, 0.1) is 18.2 Å². The molecule has 2 N–H and O–H groups in total. The van der Waals surface area contributed by atoms with Gasteiger partial charge in [-0.3, -0.25) is 0 Å². The van der Waals surface area contributed by atoms with Crippen molar-refractivity contribution in [3.63, 3.8) is 0 Å². The minimum absolute atomic E-state index is 0.0249. The first kappa shape index (κ1) is 16.6. The predicted molar refractivity (Wildman–Crippen MR) is 88.9 cm³/mol. The highest BCUT2D eigenvalue weighted by Gasteiger charge is 2.21. The zero-order valence-electron chi connectivity index (χ0n) is 12.6. The van der Waals surface area contributed by atoms with Crippen LogP contribution in [0.5, 0.6) is 11.6 Å². The van der Waals surface area contributed by atoms with Gasteiger partial charge >= 0.3 is 0 Å². The van der Waals surface area contributed by atoms with E-state index in [-0.39, 0.29) is 22.8 Å². The van der Waals surface area contributed by atoms with Crippen LogP contribution in [0.1, 0.15) is 18.1 Å². The molecule has 0 unspecified atom stereocenters. The summed E-state index contributed by atoms with van der Waals surface area (Å²) in [5.41, 5.74) is 7.21. The van der Waals surface area contributed by atoms with E-state index < -0.39 is 0 Å². The van der Waals surface area contributed by atoms with Gasteiger partial charge in [-0.05, 0) is 40.5 Å². The Labute approximate surface area is 142 Å². The van der Waals surface area contributed by atoms with Crippen molar-refractivity contribution in [2.45, 2.75) is 6.92 Å². The van der Waals surface area contributed by atoms with Gasteiger partial charge in [0.15, 0.2) is 0 Å². The quantitative estimate of drug-likeness (QED) is 0.882. The van der Waals surface area contributed by atoms with E-state index in [1.807, 2.05) is 6.07 Å². The number of ether oxygens (including phenoxy) is 2. The Morgan fingerprint density at radius 1 is 1.26 bits per heavy atom. The topological polar surface area (TPSA) is 105 Å². The highest BCUT2D eigenvalue weighted by Crippen LogP contribution is 2.38. The van der Waals surface area contributed by atoms with E-state index in [1.165, 1.54) is 0 Å². The molecule has 1 aromatic carbocycles. The van der Waals surface area contributed by atoms with Gasteiger partial charge in [-0.25, -0.2) is 0 Å². The van der Waals surface area contributed by atoms with Gasteiger partial charge in [-0.1, -0.05) is 6.07 Å². The van der Waals surface area contributed by atoms with E-state index in [1.54, 1.807) is 32.2 Å². The van der Waals surface area contributed by atoms with Crippen LogP contribution in [-0.2, 0) is 0 Å². The second-order valence-corrected chi connectivity index (χ2v) is 5.29. The number of pyridine rings is 1. The van der Waals surface area contributed by atoms with Crippen molar-refractivity contribution in [2.24, 2.45) is 0 Å². The average molecular weight is 373 g/mol. The Morgan fingerprint density at radius 3 is 2.48 bits per heavy atom. The minimum atomic E-state index is 0.0249. The minimum Gasteiger partial charge on any atom is -0.496 e. The van der Waals surface area contributed by atoms with E-state index in [9.17, 15) is 10.5 Å². The van der Waals surface area contributed by atoms with Crippen molar-refractivity contribution in [3.8, 4) is 34.9 Å². The molecular formula is C16H13BrN4O2. The SMILES string of the molecule is CCOc1nc(N)c(C#N)c(-c2ccc(OC)c(Br)c2)c1C#N. The number of aromatic nitrogens is 1. The molecule has 0 bridgehead atoms. The fraction of sp³-hybridized carbons (Fsp3) is 0.188. The van der Waals surface area contributed by atoms with Gasteiger partial charge in [0.25, 0.3) is 0 Å². The molecule has 0 atom stereocenters. The maximum atomic E-state index is 9.51. The van der Waals surface area contributed by atoms with Gasteiger partial charge < -0.3 is 15.2 Å². The average Bonchev–Trinajstić information content (AvgIpc) is 2.54. The second-order valence-electron chi connectivity index (χ2n) is 4.43. The molecule has 2 rings (SSSR count). The second kappa shape index (κ2) is 6.99. The zero-order valence-corrected chi connectivity index (χ0v) is 14.1. The van der Waals surface area contributed by atoms with Crippen LogP contribution < -0.4 is 15.2 Å². The first-order chi connectivity index (χ1) is 11.1. The number of methoxy groups -OCH3 is 1. The lowest BCUT2D eigenvalue weighted by molar-refractivity contribution is 0.326. The molecule has 6 nitrogen and oxygen atoms in total. The lowest BCUT2D eigenvalue weighted by Gasteiger charge is -2.14. The summed E-state index contributed by atoms with van der Waals surface area (Å²) in [5.74, 6) is 0.781. The third-order valence-electron chi connectivity index (χ3n) is 3.14. The van der Waals surface area contributed by atoms with Crippen molar-refractivity contribution in [3.05, 3.63) is 33.8 Å². The number of anilines is 1. The maximum absolute atomic E-state index is 9.51. The van der Waals surface area contributed by atoms with Crippen molar-refractivity contribution >= 4 is 21.7 Å². The molecular weight excluding hydrogens is 360 g/mol. The van der Waals surface area contributed by atoms with E-state index in [0.717, 1.165) is 0 Å². The number of nitrogens with two attached hydrogens (primary N) is 1. The molecule has 23 heavy (non-hydrogen) atoms. The van der Waals surface area contributed by atoms with Crippen LogP contribution >= 0.6 is 15.9 Å². The largest absolute Gasteiger partial charge is 0.496 e. The molecule has 0 aliphatic rings. The normalized spacial score (nSPS) is 9.78. The fourth-order valence-electron chi connectivity index (χ4n) is 2.15.